The Kier molecular flexibility index (Phi) is 9.60. The van der Waals surface area contributed by atoms with Crippen LogP contribution in [0.25, 0.3) is 109 Å². The first-order valence-electron chi connectivity index (χ1n) is 26.6. The van der Waals surface area contributed by atoms with Crippen LogP contribution in [0.3, 0.4) is 0 Å². The molecule has 0 radical (unpaired) electrons. The largest absolute Gasteiger partial charge is 0.456 e. The fourth-order valence-electron chi connectivity index (χ4n) is 12.2. The summed E-state index contributed by atoms with van der Waals surface area (Å²) < 4.78 is 27.5. The molecule has 4 aromatic heterocycles. The monoisotopic (exact) mass is 998 g/mol. The van der Waals surface area contributed by atoms with Crippen LogP contribution in [0.15, 0.2) is 218 Å². The maximum atomic E-state index is 6.98. The highest BCUT2D eigenvalue weighted by Gasteiger charge is 2.27. The van der Waals surface area contributed by atoms with Crippen LogP contribution in [0.1, 0.15) is 58.2 Å². The van der Waals surface area contributed by atoms with E-state index < -0.39 is 0 Å². The second kappa shape index (κ2) is 16.4. The van der Waals surface area contributed by atoms with E-state index in [1.54, 1.807) is 0 Å². The molecular formula is C71H54N2O4. The molecule has 0 atom stereocenters. The third kappa shape index (κ3) is 6.94. The van der Waals surface area contributed by atoms with Crippen LogP contribution in [0.2, 0.25) is 0 Å². The number of benzene rings is 11. The zero-order valence-corrected chi connectivity index (χ0v) is 44.1. The zero-order chi connectivity index (χ0) is 52.1. The van der Waals surface area contributed by atoms with Gasteiger partial charge in [-0.25, -0.2) is 0 Å². The van der Waals surface area contributed by atoms with E-state index in [2.05, 4.69) is 246 Å². The Morgan fingerprint density at radius 2 is 0.740 bits per heavy atom. The van der Waals surface area contributed by atoms with Crippen molar-refractivity contribution < 1.29 is 17.7 Å². The first-order valence-corrected chi connectivity index (χ1v) is 26.6. The van der Waals surface area contributed by atoms with Gasteiger partial charge in [-0.05, 0) is 136 Å². The number of hydrogen-bond donors (Lipinski definition) is 0. The molecule has 0 unspecified atom stereocenters. The molecule has 0 saturated heterocycles. The molecule has 0 aliphatic rings. The van der Waals surface area contributed by atoms with E-state index in [1.807, 2.05) is 12.1 Å². The summed E-state index contributed by atoms with van der Waals surface area (Å²) >= 11 is 0. The molecule has 0 spiro atoms. The van der Waals surface area contributed by atoms with Gasteiger partial charge in [-0.1, -0.05) is 151 Å². The van der Waals surface area contributed by atoms with Gasteiger partial charge in [-0.15, -0.1) is 0 Å². The molecule has 0 saturated carbocycles. The van der Waals surface area contributed by atoms with Crippen LogP contribution in [-0.4, -0.2) is 0 Å². The second-order valence-corrected chi connectivity index (χ2v) is 22.9. The van der Waals surface area contributed by atoms with Crippen LogP contribution in [-0.2, 0) is 10.8 Å². The van der Waals surface area contributed by atoms with E-state index in [0.717, 1.165) is 149 Å². The van der Waals surface area contributed by atoms with Gasteiger partial charge in [0.25, 0.3) is 0 Å². The van der Waals surface area contributed by atoms with Crippen LogP contribution in [0.5, 0.6) is 0 Å². The zero-order valence-electron chi connectivity index (χ0n) is 44.1. The molecule has 11 aromatic carbocycles. The molecule has 0 aliphatic carbocycles. The van der Waals surface area contributed by atoms with Crippen LogP contribution in [0.4, 0.5) is 34.1 Å². The van der Waals surface area contributed by atoms with Gasteiger partial charge in [-0.3, -0.25) is 0 Å². The molecule has 0 bridgehead atoms. The molecule has 0 amide bonds. The Bertz CT molecular complexity index is 4920. The molecule has 15 aromatic rings. The molecule has 372 valence electrons. The molecule has 6 nitrogen and oxygen atoms in total. The number of fused-ring (bicyclic) bond motifs is 15. The molecule has 6 heteroatoms. The van der Waals surface area contributed by atoms with Gasteiger partial charge in [0.1, 0.15) is 33.5 Å². The van der Waals surface area contributed by atoms with Crippen molar-refractivity contribution in [3.63, 3.8) is 0 Å². The number of rotatable bonds is 6. The number of hydrogen-bond acceptors (Lipinski definition) is 6. The van der Waals surface area contributed by atoms with Crippen molar-refractivity contribution in [1.29, 1.82) is 0 Å². The standard InChI is InChI=1S/C71H54N2O4/c1-41-17-11-12-26-57(41)73(59-28-16-23-52-50-21-14-25-56(71(5,6)7)67(50)77-69(52)59)48-32-30-43-38-54-63(40-45(43)36-48)75-61-34-33-60-64(65(54)61)53-37-42-29-31-47(35-44(42)39-62(53)74-60)72(46-18-9-8-10-19-46)58-27-15-22-51-49-20-13-24-55(70(2,3)4)66(49)76-68(51)58/h8-40H,1-7H3. The topological polar surface area (TPSA) is 59.0 Å². The van der Waals surface area contributed by atoms with Crippen molar-refractivity contribution in [2.75, 3.05) is 9.80 Å². The summed E-state index contributed by atoms with van der Waals surface area (Å²) in [6.07, 6.45) is 0. The molecule has 77 heavy (non-hydrogen) atoms. The minimum atomic E-state index is -0.0856. The third-order valence-corrected chi connectivity index (χ3v) is 15.9. The first kappa shape index (κ1) is 45.2. The lowest BCUT2D eigenvalue weighted by molar-refractivity contribution is 0.572. The van der Waals surface area contributed by atoms with E-state index in [-0.39, 0.29) is 10.8 Å². The van der Waals surface area contributed by atoms with E-state index >= 15 is 0 Å². The van der Waals surface area contributed by atoms with Crippen LogP contribution in [0, 0.1) is 6.92 Å². The first-order chi connectivity index (χ1) is 37.3. The number of aryl methyl sites for hydroxylation is 1. The van der Waals surface area contributed by atoms with Crippen molar-refractivity contribution >= 4 is 143 Å². The predicted molar refractivity (Wildman–Crippen MR) is 322 cm³/mol. The van der Waals surface area contributed by atoms with Crippen LogP contribution < -0.4 is 9.80 Å². The summed E-state index contributed by atoms with van der Waals surface area (Å²) in [7, 11) is 0. The smallest absolute Gasteiger partial charge is 0.159 e. The maximum Gasteiger partial charge on any atom is 0.159 e. The van der Waals surface area contributed by atoms with Gasteiger partial charge in [0, 0.05) is 77.0 Å². The summed E-state index contributed by atoms with van der Waals surface area (Å²) in [5.41, 5.74) is 16.4. The van der Waals surface area contributed by atoms with E-state index in [0.29, 0.717) is 0 Å². The summed E-state index contributed by atoms with van der Waals surface area (Å²) in [5, 5.41) is 13.0. The summed E-state index contributed by atoms with van der Waals surface area (Å²) in [5.74, 6) is 0. The molecule has 4 heterocycles. The quantitative estimate of drug-likeness (QED) is 0.165. The highest BCUT2D eigenvalue weighted by Crippen LogP contribution is 2.49. The van der Waals surface area contributed by atoms with Gasteiger partial charge in [-0.2, -0.15) is 0 Å². The van der Waals surface area contributed by atoms with Crippen molar-refractivity contribution in [1.82, 2.24) is 0 Å². The fourth-order valence-corrected chi connectivity index (χ4v) is 12.2. The van der Waals surface area contributed by atoms with Gasteiger partial charge in [0.05, 0.1) is 11.4 Å². The lowest BCUT2D eigenvalue weighted by Gasteiger charge is -2.27. The minimum Gasteiger partial charge on any atom is -0.456 e. The highest BCUT2D eigenvalue weighted by atomic mass is 16.3. The Morgan fingerprint density at radius 1 is 0.299 bits per heavy atom. The van der Waals surface area contributed by atoms with E-state index in [9.17, 15) is 0 Å². The summed E-state index contributed by atoms with van der Waals surface area (Å²) in [6, 6.07) is 71.6. The number of furan rings is 4. The number of anilines is 6. The highest BCUT2D eigenvalue weighted by molar-refractivity contribution is 6.28. The van der Waals surface area contributed by atoms with Crippen molar-refractivity contribution in [3.8, 4) is 0 Å². The molecule has 15 rings (SSSR count). The lowest BCUT2D eigenvalue weighted by atomic mass is 9.86. The van der Waals surface area contributed by atoms with Crippen molar-refractivity contribution in [2.45, 2.75) is 59.3 Å². The summed E-state index contributed by atoms with van der Waals surface area (Å²) in [6.45, 7) is 15.6. The normalized spacial score (nSPS) is 12.6. The molecular weight excluding hydrogens is 945 g/mol. The van der Waals surface area contributed by atoms with E-state index in [4.69, 9.17) is 17.7 Å². The van der Waals surface area contributed by atoms with Crippen molar-refractivity contribution in [2.24, 2.45) is 0 Å². The summed E-state index contributed by atoms with van der Waals surface area (Å²) in [4.78, 5) is 4.65. The average molecular weight is 999 g/mol. The van der Waals surface area contributed by atoms with Gasteiger partial charge in [0.2, 0.25) is 0 Å². The molecule has 0 N–H and O–H groups in total. The fraction of sp³-hybridized carbons (Fsp3) is 0.127. The Hall–Kier alpha value is -9.26. The number of nitrogens with zero attached hydrogens (tertiary/aromatic N) is 2. The molecule has 0 fully saturated rings. The van der Waals surface area contributed by atoms with Gasteiger partial charge >= 0.3 is 0 Å². The minimum absolute atomic E-state index is 0.0828. The Labute approximate surface area is 444 Å². The van der Waals surface area contributed by atoms with Crippen LogP contribution >= 0.6 is 0 Å². The average Bonchev–Trinajstić information content (AvgIpc) is 4.22. The SMILES string of the molecule is Cc1ccccc1N(c1ccc2cc3c(cc2c1)oc1ccc2oc4cc5cc(N(c6ccccc6)c6cccc7c6oc6c(C(C)(C)C)cccc67)ccc5cc4c2c13)c1cccc2c1oc1c(C(C)(C)C)cccc12. The maximum absolute atomic E-state index is 6.98. The Balaban J connectivity index is 0.859. The number of para-hydroxylation sites is 6. The predicted octanol–water partition coefficient (Wildman–Crippen LogP) is 21.4. The third-order valence-electron chi connectivity index (χ3n) is 15.9. The second-order valence-electron chi connectivity index (χ2n) is 22.9. The molecule has 0 aliphatic heterocycles. The van der Waals surface area contributed by atoms with Crippen molar-refractivity contribution in [3.05, 3.63) is 217 Å². The van der Waals surface area contributed by atoms with Gasteiger partial charge < -0.3 is 27.5 Å². The Morgan fingerprint density at radius 3 is 1.25 bits per heavy atom. The van der Waals surface area contributed by atoms with E-state index in [1.165, 1.54) is 11.1 Å². The van der Waals surface area contributed by atoms with Gasteiger partial charge in [0.15, 0.2) is 11.2 Å². The lowest BCUT2D eigenvalue weighted by Crippen LogP contribution is -2.11.